The number of alkyl halides is 3. The standard InChI is InChI=1S/C17H20F3NO4S/c18-17(19,20)14-7-3-5-13(11-14)6-4-10-26(24,25)21-9-2-1-8-15(21)12-16(22)23/h3-7,11,15H,1-2,8-10,12H2,(H,22,23). The quantitative estimate of drug-likeness (QED) is 0.807. The summed E-state index contributed by atoms with van der Waals surface area (Å²) in [7, 11) is -3.73. The summed E-state index contributed by atoms with van der Waals surface area (Å²) in [5.74, 6) is -1.45. The second kappa shape index (κ2) is 8.22. The second-order valence-corrected chi connectivity index (χ2v) is 8.13. The molecule has 1 aliphatic rings. The SMILES string of the molecule is O=C(O)CC1CCCCN1S(=O)(=O)CC=Cc1cccc(C(F)(F)F)c1. The van der Waals surface area contributed by atoms with E-state index in [1.165, 1.54) is 28.6 Å². The molecule has 0 bridgehead atoms. The van der Waals surface area contributed by atoms with Crippen LogP contribution in [0.5, 0.6) is 0 Å². The number of carboxylic acid groups (broad SMARTS) is 1. The van der Waals surface area contributed by atoms with Crippen LogP contribution in [0.25, 0.3) is 6.08 Å². The molecule has 0 aliphatic carbocycles. The Kier molecular flexibility index (Phi) is 6.46. The summed E-state index contributed by atoms with van der Waals surface area (Å²) in [5.41, 5.74) is -0.559. The predicted octanol–water partition coefficient (Wildman–Crippen LogP) is 3.38. The Morgan fingerprint density at radius 2 is 2.04 bits per heavy atom. The molecule has 1 aromatic carbocycles. The Morgan fingerprint density at radius 1 is 1.31 bits per heavy atom. The van der Waals surface area contributed by atoms with Crippen LogP contribution < -0.4 is 0 Å². The van der Waals surface area contributed by atoms with Crippen LogP contribution in [0.15, 0.2) is 30.3 Å². The maximum Gasteiger partial charge on any atom is 0.416 e. The van der Waals surface area contributed by atoms with Gasteiger partial charge in [-0.3, -0.25) is 4.79 Å². The third-order valence-corrected chi connectivity index (χ3v) is 5.98. The number of piperidine rings is 1. The molecular weight excluding hydrogens is 371 g/mol. The number of benzene rings is 1. The topological polar surface area (TPSA) is 74.7 Å². The molecule has 26 heavy (non-hydrogen) atoms. The number of carboxylic acids is 1. The molecule has 0 radical (unpaired) electrons. The molecule has 0 aromatic heterocycles. The van der Waals surface area contributed by atoms with E-state index in [0.717, 1.165) is 18.6 Å². The van der Waals surface area contributed by atoms with Crippen molar-refractivity contribution < 1.29 is 31.5 Å². The molecule has 2 rings (SSSR count). The summed E-state index contributed by atoms with van der Waals surface area (Å²) < 4.78 is 64.3. The highest BCUT2D eigenvalue weighted by atomic mass is 32.2. The minimum atomic E-state index is -4.46. The van der Waals surface area contributed by atoms with Gasteiger partial charge in [-0.05, 0) is 30.5 Å². The van der Waals surface area contributed by atoms with Gasteiger partial charge in [-0.25, -0.2) is 8.42 Å². The Bertz CT molecular complexity index is 774. The van der Waals surface area contributed by atoms with E-state index in [0.29, 0.717) is 12.8 Å². The number of halogens is 3. The Hall–Kier alpha value is -1.87. The molecule has 0 amide bonds. The van der Waals surface area contributed by atoms with Gasteiger partial charge in [0.2, 0.25) is 10.0 Å². The van der Waals surface area contributed by atoms with Crippen molar-refractivity contribution in [2.24, 2.45) is 0 Å². The highest BCUT2D eigenvalue weighted by molar-refractivity contribution is 7.89. The van der Waals surface area contributed by atoms with Crippen LogP contribution in [0.3, 0.4) is 0 Å². The highest BCUT2D eigenvalue weighted by Gasteiger charge is 2.33. The number of hydrogen-bond acceptors (Lipinski definition) is 3. The second-order valence-electron chi connectivity index (χ2n) is 6.16. The van der Waals surface area contributed by atoms with Crippen LogP contribution >= 0.6 is 0 Å². The number of carbonyl (C=O) groups is 1. The predicted molar refractivity (Wildman–Crippen MR) is 90.9 cm³/mol. The van der Waals surface area contributed by atoms with E-state index in [9.17, 15) is 26.4 Å². The molecule has 1 unspecified atom stereocenters. The van der Waals surface area contributed by atoms with Crippen molar-refractivity contribution in [2.45, 2.75) is 37.9 Å². The van der Waals surface area contributed by atoms with Crippen molar-refractivity contribution in [1.82, 2.24) is 4.31 Å². The van der Waals surface area contributed by atoms with Crippen molar-refractivity contribution in [1.29, 1.82) is 0 Å². The monoisotopic (exact) mass is 391 g/mol. The summed E-state index contributed by atoms with van der Waals surface area (Å²) in [6, 6.07) is 4.01. The Morgan fingerprint density at radius 3 is 2.69 bits per heavy atom. The van der Waals surface area contributed by atoms with E-state index in [2.05, 4.69) is 0 Å². The van der Waals surface area contributed by atoms with E-state index in [-0.39, 0.29) is 24.3 Å². The molecule has 1 aromatic rings. The third-order valence-electron chi connectivity index (χ3n) is 4.17. The largest absolute Gasteiger partial charge is 0.481 e. The number of aliphatic carboxylic acids is 1. The minimum Gasteiger partial charge on any atom is -0.481 e. The van der Waals surface area contributed by atoms with Gasteiger partial charge in [0.15, 0.2) is 0 Å². The van der Waals surface area contributed by atoms with Crippen molar-refractivity contribution >= 4 is 22.1 Å². The maximum atomic E-state index is 12.7. The molecule has 0 saturated carbocycles. The highest BCUT2D eigenvalue weighted by Crippen LogP contribution is 2.30. The maximum absolute atomic E-state index is 12.7. The summed E-state index contributed by atoms with van der Waals surface area (Å²) >= 11 is 0. The van der Waals surface area contributed by atoms with Gasteiger partial charge in [-0.1, -0.05) is 30.7 Å². The van der Waals surface area contributed by atoms with E-state index in [1.54, 1.807) is 0 Å². The lowest BCUT2D eigenvalue weighted by molar-refractivity contribution is -0.138. The summed E-state index contributed by atoms with van der Waals surface area (Å²) in [6.45, 7) is 0.262. The molecule has 1 atom stereocenters. The lowest BCUT2D eigenvalue weighted by Crippen LogP contribution is -2.45. The third kappa shape index (κ3) is 5.57. The molecule has 1 fully saturated rings. The van der Waals surface area contributed by atoms with E-state index in [1.807, 2.05) is 0 Å². The molecule has 5 nitrogen and oxygen atoms in total. The molecular formula is C17H20F3NO4S. The fourth-order valence-electron chi connectivity index (χ4n) is 2.97. The van der Waals surface area contributed by atoms with E-state index in [4.69, 9.17) is 5.11 Å². The molecule has 1 heterocycles. The minimum absolute atomic E-state index is 0.246. The molecule has 144 valence electrons. The molecule has 1 N–H and O–H groups in total. The molecule has 9 heteroatoms. The van der Waals surface area contributed by atoms with Gasteiger partial charge in [0.05, 0.1) is 17.7 Å². The number of rotatable bonds is 6. The van der Waals surface area contributed by atoms with Crippen molar-refractivity contribution in [3.05, 3.63) is 41.5 Å². The number of sulfonamides is 1. The fourth-order valence-corrected chi connectivity index (χ4v) is 4.54. The molecule has 1 aliphatic heterocycles. The van der Waals surface area contributed by atoms with Crippen molar-refractivity contribution in [3.8, 4) is 0 Å². The van der Waals surface area contributed by atoms with Crippen LogP contribution in [0.4, 0.5) is 13.2 Å². The molecule has 1 saturated heterocycles. The lowest BCUT2D eigenvalue weighted by atomic mass is 10.0. The van der Waals surface area contributed by atoms with Gasteiger partial charge >= 0.3 is 12.1 Å². The Balaban J connectivity index is 2.09. The average Bonchev–Trinajstić information content (AvgIpc) is 2.54. The fraction of sp³-hybridized carbons (Fsp3) is 0.471. The molecule has 0 spiro atoms. The number of hydrogen-bond donors (Lipinski definition) is 1. The first-order chi connectivity index (χ1) is 12.1. The van der Waals surface area contributed by atoms with Gasteiger partial charge < -0.3 is 5.11 Å². The van der Waals surface area contributed by atoms with Crippen LogP contribution in [0.2, 0.25) is 0 Å². The first-order valence-electron chi connectivity index (χ1n) is 8.15. The summed E-state index contributed by atoms with van der Waals surface area (Å²) in [5, 5.41) is 8.94. The average molecular weight is 391 g/mol. The van der Waals surface area contributed by atoms with Gasteiger partial charge in [-0.2, -0.15) is 17.5 Å². The van der Waals surface area contributed by atoms with Gasteiger partial charge in [0.25, 0.3) is 0 Å². The lowest BCUT2D eigenvalue weighted by Gasteiger charge is -2.33. The first kappa shape index (κ1) is 20.4. The summed E-state index contributed by atoms with van der Waals surface area (Å²) in [4.78, 5) is 10.9. The number of nitrogens with zero attached hydrogens (tertiary/aromatic N) is 1. The van der Waals surface area contributed by atoms with Crippen LogP contribution in [-0.4, -0.2) is 42.1 Å². The van der Waals surface area contributed by atoms with Crippen molar-refractivity contribution in [3.63, 3.8) is 0 Å². The van der Waals surface area contributed by atoms with Gasteiger partial charge in [0.1, 0.15) is 0 Å². The van der Waals surface area contributed by atoms with Crippen LogP contribution in [0, 0.1) is 0 Å². The Labute approximate surface area is 150 Å². The van der Waals surface area contributed by atoms with Crippen LogP contribution in [-0.2, 0) is 21.0 Å². The van der Waals surface area contributed by atoms with Crippen molar-refractivity contribution in [2.75, 3.05) is 12.3 Å². The van der Waals surface area contributed by atoms with Gasteiger partial charge in [0, 0.05) is 12.6 Å². The van der Waals surface area contributed by atoms with Gasteiger partial charge in [-0.15, -0.1) is 0 Å². The zero-order chi connectivity index (χ0) is 19.4. The zero-order valence-corrected chi connectivity index (χ0v) is 14.8. The summed E-state index contributed by atoms with van der Waals surface area (Å²) in [6.07, 6.45) is -0.190. The zero-order valence-electron chi connectivity index (χ0n) is 13.9. The smallest absolute Gasteiger partial charge is 0.416 e. The normalized spacial score (nSPS) is 19.7. The van der Waals surface area contributed by atoms with E-state index < -0.39 is 33.8 Å². The van der Waals surface area contributed by atoms with E-state index >= 15 is 0 Å². The van der Waals surface area contributed by atoms with Crippen LogP contribution in [0.1, 0.15) is 36.8 Å². The first-order valence-corrected chi connectivity index (χ1v) is 9.75.